The fourth-order valence-electron chi connectivity index (χ4n) is 4.57. The summed E-state index contributed by atoms with van der Waals surface area (Å²) in [6.45, 7) is 10.4. The van der Waals surface area contributed by atoms with Crippen LogP contribution in [-0.4, -0.2) is 34.7 Å². The minimum absolute atomic E-state index is 0.0213. The molecule has 1 unspecified atom stereocenters. The number of ether oxygens (including phenoxy) is 1. The van der Waals surface area contributed by atoms with Crippen molar-refractivity contribution in [1.82, 2.24) is 4.57 Å². The molecule has 38 heavy (non-hydrogen) atoms. The third-order valence-electron chi connectivity index (χ3n) is 6.30. The summed E-state index contributed by atoms with van der Waals surface area (Å²) < 4.78 is 7.38. The molecule has 0 aliphatic carbocycles. The van der Waals surface area contributed by atoms with E-state index < -0.39 is 16.9 Å². The van der Waals surface area contributed by atoms with E-state index in [-0.39, 0.29) is 17.4 Å². The van der Waals surface area contributed by atoms with E-state index in [9.17, 15) is 19.7 Å². The van der Waals surface area contributed by atoms with Crippen molar-refractivity contribution in [3.63, 3.8) is 0 Å². The number of carbonyl (C=O) groups is 1. The Bertz CT molecular complexity index is 1580. The second-order valence-electron chi connectivity index (χ2n) is 9.12. The monoisotopic (exact) mass is 534 g/mol. The summed E-state index contributed by atoms with van der Waals surface area (Å²) in [4.78, 5) is 45.3. The number of nitro groups is 1. The highest BCUT2D eigenvalue weighted by Crippen LogP contribution is 2.31. The Morgan fingerprint density at radius 3 is 2.50 bits per heavy atom. The van der Waals surface area contributed by atoms with Gasteiger partial charge in [-0.15, -0.1) is 0 Å². The van der Waals surface area contributed by atoms with Crippen molar-refractivity contribution in [2.45, 2.75) is 46.8 Å². The number of hydrogen-bond acceptors (Lipinski definition) is 8. The number of aromatic nitrogens is 1. The predicted octanol–water partition coefficient (Wildman–Crippen LogP) is 3.94. The average Bonchev–Trinajstić information content (AvgIpc) is 3.18. The van der Waals surface area contributed by atoms with Gasteiger partial charge in [-0.1, -0.05) is 47.7 Å². The average molecular weight is 535 g/mol. The maximum Gasteiger partial charge on any atom is 0.338 e. The van der Waals surface area contributed by atoms with Crippen LogP contribution in [0.15, 0.2) is 69.6 Å². The van der Waals surface area contributed by atoms with Crippen molar-refractivity contribution >= 4 is 34.8 Å². The number of anilines is 1. The molecule has 2 heterocycles. The molecule has 0 saturated heterocycles. The highest BCUT2D eigenvalue weighted by atomic mass is 32.1. The van der Waals surface area contributed by atoms with Gasteiger partial charge in [0.1, 0.15) is 5.69 Å². The van der Waals surface area contributed by atoms with Crippen molar-refractivity contribution in [1.29, 1.82) is 0 Å². The van der Waals surface area contributed by atoms with Crippen LogP contribution in [0.1, 0.15) is 51.8 Å². The Balaban J connectivity index is 1.89. The summed E-state index contributed by atoms with van der Waals surface area (Å²) in [5.41, 5.74) is 2.26. The Labute approximate surface area is 224 Å². The van der Waals surface area contributed by atoms with Crippen LogP contribution in [-0.2, 0) is 9.53 Å². The Morgan fingerprint density at radius 1 is 1.21 bits per heavy atom. The number of thiazole rings is 1. The molecule has 1 atom stereocenters. The van der Waals surface area contributed by atoms with E-state index in [1.54, 1.807) is 39.0 Å². The Morgan fingerprint density at radius 2 is 1.89 bits per heavy atom. The number of esters is 1. The van der Waals surface area contributed by atoms with Gasteiger partial charge >= 0.3 is 5.97 Å². The molecule has 0 spiro atoms. The van der Waals surface area contributed by atoms with Crippen LogP contribution in [0.3, 0.4) is 0 Å². The molecule has 0 N–H and O–H groups in total. The number of carbonyl (C=O) groups excluding carboxylic acids is 1. The highest BCUT2D eigenvalue weighted by molar-refractivity contribution is 7.07. The lowest BCUT2D eigenvalue weighted by molar-refractivity contribution is -0.384. The Kier molecular flexibility index (Phi) is 7.91. The van der Waals surface area contributed by atoms with Crippen LogP contribution < -0.4 is 19.8 Å². The van der Waals surface area contributed by atoms with Gasteiger partial charge in [-0.05, 0) is 57.9 Å². The zero-order chi connectivity index (χ0) is 27.6. The lowest BCUT2D eigenvalue weighted by Crippen LogP contribution is -2.40. The normalized spacial score (nSPS) is 15.3. The van der Waals surface area contributed by atoms with Gasteiger partial charge < -0.3 is 9.64 Å². The number of nitrogens with zero attached hydrogens (tertiary/aromatic N) is 4. The second-order valence-corrected chi connectivity index (χ2v) is 10.1. The fraction of sp³-hybridized carbons (Fsp3) is 0.321. The molecular formula is C28H30N4O5S. The number of benzene rings is 2. The van der Waals surface area contributed by atoms with E-state index in [0.717, 1.165) is 5.56 Å². The molecule has 10 heteroatoms. The largest absolute Gasteiger partial charge is 0.459 e. The molecule has 3 aromatic rings. The lowest BCUT2D eigenvalue weighted by atomic mass is 9.96. The van der Waals surface area contributed by atoms with Crippen molar-refractivity contribution in [3.8, 4) is 0 Å². The minimum atomic E-state index is -0.708. The van der Waals surface area contributed by atoms with E-state index in [0.29, 0.717) is 44.9 Å². The Hall–Kier alpha value is -4.05. The second kappa shape index (κ2) is 11.1. The van der Waals surface area contributed by atoms with Gasteiger partial charge in [0.05, 0.1) is 32.9 Å². The molecule has 0 radical (unpaired) electrons. The SMILES string of the molecule is CCN(CC)c1ccc(C=c2sc3n(c2=O)C(c2ccccc2)C(C(=O)OC(C)C)=C(C)N=3)cc1[N+](=O)[O-]. The van der Waals surface area contributed by atoms with Crippen LogP contribution in [0.4, 0.5) is 11.4 Å². The van der Waals surface area contributed by atoms with Crippen LogP contribution in [0.2, 0.25) is 0 Å². The molecule has 2 aromatic carbocycles. The number of rotatable bonds is 8. The van der Waals surface area contributed by atoms with Crippen molar-refractivity contribution < 1.29 is 14.5 Å². The van der Waals surface area contributed by atoms with Crippen LogP contribution in [0.25, 0.3) is 6.08 Å². The predicted molar refractivity (Wildman–Crippen MR) is 148 cm³/mol. The molecule has 1 aliphatic rings. The van der Waals surface area contributed by atoms with Gasteiger partial charge in [0, 0.05) is 19.2 Å². The standard InChI is InChI=1S/C28H30N4O5S/c1-6-30(7-2)21-14-13-19(15-22(21)32(35)36)16-23-26(33)31-25(20-11-9-8-10-12-20)24(27(34)37-17(3)4)18(5)29-28(31)38-23/h8-17,25H,6-7H2,1-5H3. The van der Waals surface area contributed by atoms with Gasteiger partial charge in [-0.2, -0.15) is 0 Å². The number of hydrogen-bond donors (Lipinski definition) is 0. The molecule has 0 amide bonds. The maximum absolute atomic E-state index is 13.8. The van der Waals surface area contributed by atoms with Gasteiger partial charge in [0.25, 0.3) is 11.2 Å². The summed E-state index contributed by atoms with van der Waals surface area (Å²) in [7, 11) is 0. The first-order valence-electron chi connectivity index (χ1n) is 12.5. The highest BCUT2D eigenvalue weighted by Gasteiger charge is 2.33. The first kappa shape index (κ1) is 27.0. The molecule has 0 fully saturated rings. The molecule has 0 bridgehead atoms. The summed E-state index contributed by atoms with van der Waals surface area (Å²) in [6.07, 6.45) is 1.30. The quantitative estimate of drug-likeness (QED) is 0.246. The van der Waals surface area contributed by atoms with Crippen molar-refractivity contribution in [2.75, 3.05) is 18.0 Å². The minimum Gasteiger partial charge on any atom is -0.459 e. The van der Waals surface area contributed by atoms with Gasteiger partial charge in [0.2, 0.25) is 0 Å². The van der Waals surface area contributed by atoms with E-state index in [1.807, 2.05) is 49.1 Å². The summed E-state index contributed by atoms with van der Waals surface area (Å²) in [6, 6.07) is 13.5. The van der Waals surface area contributed by atoms with Gasteiger partial charge in [-0.25, -0.2) is 9.79 Å². The van der Waals surface area contributed by atoms with Crippen LogP contribution >= 0.6 is 11.3 Å². The zero-order valence-corrected chi connectivity index (χ0v) is 22.8. The molecular weight excluding hydrogens is 504 g/mol. The third-order valence-corrected chi connectivity index (χ3v) is 7.28. The molecule has 9 nitrogen and oxygen atoms in total. The number of nitro benzene ring substituents is 1. The number of allylic oxidation sites excluding steroid dienone is 1. The van der Waals surface area contributed by atoms with E-state index >= 15 is 0 Å². The van der Waals surface area contributed by atoms with Gasteiger partial charge in [0.15, 0.2) is 4.80 Å². The first-order chi connectivity index (χ1) is 18.2. The zero-order valence-electron chi connectivity index (χ0n) is 22.0. The molecule has 1 aromatic heterocycles. The third kappa shape index (κ3) is 5.17. The fourth-order valence-corrected chi connectivity index (χ4v) is 5.62. The van der Waals surface area contributed by atoms with Crippen molar-refractivity contribution in [2.24, 2.45) is 4.99 Å². The topological polar surface area (TPSA) is 107 Å². The smallest absolute Gasteiger partial charge is 0.338 e. The van der Waals surface area contributed by atoms with Crippen LogP contribution in [0, 0.1) is 10.1 Å². The molecule has 1 aliphatic heterocycles. The van der Waals surface area contributed by atoms with Crippen LogP contribution in [0.5, 0.6) is 0 Å². The van der Waals surface area contributed by atoms with E-state index in [4.69, 9.17) is 4.74 Å². The summed E-state index contributed by atoms with van der Waals surface area (Å²) in [5, 5.41) is 11.8. The summed E-state index contributed by atoms with van der Waals surface area (Å²) in [5.74, 6) is -0.521. The maximum atomic E-state index is 13.8. The lowest BCUT2D eigenvalue weighted by Gasteiger charge is -2.25. The van der Waals surface area contributed by atoms with Gasteiger partial charge in [-0.3, -0.25) is 19.5 Å². The van der Waals surface area contributed by atoms with E-state index in [1.165, 1.54) is 22.0 Å². The molecule has 198 valence electrons. The molecule has 4 rings (SSSR count). The number of fused-ring (bicyclic) bond motifs is 1. The van der Waals surface area contributed by atoms with Crippen molar-refractivity contribution in [3.05, 3.63) is 101 Å². The van der Waals surface area contributed by atoms with E-state index in [2.05, 4.69) is 4.99 Å². The first-order valence-corrected chi connectivity index (χ1v) is 13.3. The molecule has 0 saturated carbocycles. The summed E-state index contributed by atoms with van der Waals surface area (Å²) >= 11 is 1.18.